The molecular formula is C16H15BrClNO2. The molecule has 0 bridgehead atoms. The SMILES string of the molecule is COc1ccccc1CCNC(=O)c1cc(Br)ccc1Cl. The van der Waals surface area contributed by atoms with Crippen molar-refractivity contribution in [3.63, 3.8) is 0 Å². The molecule has 0 saturated carbocycles. The maximum absolute atomic E-state index is 12.1. The Labute approximate surface area is 137 Å². The van der Waals surface area contributed by atoms with Crippen molar-refractivity contribution in [2.24, 2.45) is 0 Å². The van der Waals surface area contributed by atoms with Crippen molar-refractivity contribution >= 4 is 33.4 Å². The van der Waals surface area contributed by atoms with E-state index in [1.807, 2.05) is 24.3 Å². The van der Waals surface area contributed by atoms with Crippen molar-refractivity contribution < 1.29 is 9.53 Å². The van der Waals surface area contributed by atoms with Crippen molar-refractivity contribution in [3.8, 4) is 5.75 Å². The maximum atomic E-state index is 12.1. The van der Waals surface area contributed by atoms with Gasteiger partial charge < -0.3 is 10.1 Å². The molecule has 0 radical (unpaired) electrons. The van der Waals surface area contributed by atoms with Crippen LogP contribution in [0.5, 0.6) is 5.75 Å². The fourth-order valence-corrected chi connectivity index (χ4v) is 2.55. The topological polar surface area (TPSA) is 38.3 Å². The first kappa shape index (κ1) is 15.9. The van der Waals surface area contributed by atoms with Gasteiger partial charge >= 0.3 is 0 Å². The number of rotatable bonds is 5. The summed E-state index contributed by atoms with van der Waals surface area (Å²) in [5.41, 5.74) is 1.52. The number of amides is 1. The van der Waals surface area contributed by atoms with Crippen molar-refractivity contribution in [2.45, 2.75) is 6.42 Å². The number of benzene rings is 2. The summed E-state index contributed by atoms with van der Waals surface area (Å²) in [5.74, 6) is 0.642. The molecule has 0 fully saturated rings. The highest BCUT2D eigenvalue weighted by atomic mass is 79.9. The monoisotopic (exact) mass is 367 g/mol. The number of carbonyl (C=O) groups excluding carboxylic acids is 1. The molecule has 0 heterocycles. The molecule has 2 aromatic carbocycles. The molecule has 2 aromatic rings. The van der Waals surface area contributed by atoms with Gasteiger partial charge in [0.15, 0.2) is 0 Å². The molecule has 0 spiro atoms. The summed E-state index contributed by atoms with van der Waals surface area (Å²) in [7, 11) is 1.64. The van der Waals surface area contributed by atoms with Crippen LogP contribution in [0, 0.1) is 0 Å². The lowest BCUT2D eigenvalue weighted by Crippen LogP contribution is -2.26. The van der Waals surface area contributed by atoms with E-state index < -0.39 is 0 Å². The highest BCUT2D eigenvalue weighted by Crippen LogP contribution is 2.21. The minimum atomic E-state index is -0.184. The van der Waals surface area contributed by atoms with Gasteiger partial charge in [-0.1, -0.05) is 45.7 Å². The second-order valence-electron chi connectivity index (χ2n) is 4.44. The van der Waals surface area contributed by atoms with Crippen molar-refractivity contribution in [3.05, 3.63) is 63.1 Å². The molecular weight excluding hydrogens is 354 g/mol. The Morgan fingerprint density at radius 3 is 2.81 bits per heavy atom. The molecule has 21 heavy (non-hydrogen) atoms. The second-order valence-corrected chi connectivity index (χ2v) is 5.76. The van der Waals surface area contributed by atoms with Gasteiger partial charge in [-0.25, -0.2) is 0 Å². The van der Waals surface area contributed by atoms with E-state index in [-0.39, 0.29) is 5.91 Å². The number of halogens is 2. The molecule has 1 amide bonds. The van der Waals surface area contributed by atoms with Crippen LogP contribution in [0.2, 0.25) is 5.02 Å². The first-order valence-electron chi connectivity index (χ1n) is 6.47. The van der Waals surface area contributed by atoms with Crippen LogP contribution in [-0.4, -0.2) is 19.6 Å². The number of methoxy groups -OCH3 is 1. The van der Waals surface area contributed by atoms with Crippen LogP contribution in [0.15, 0.2) is 46.9 Å². The van der Waals surface area contributed by atoms with Crippen LogP contribution < -0.4 is 10.1 Å². The normalized spacial score (nSPS) is 10.2. The number of hydrogen-bond acceptors (Lipinski definition) is 2. The molecule has 0 unspecified atom stereocenters. The van der Waals surface area contributed by atoms with Crippen LogP contribution in [0.3, 0.4) is 0 Å². The van der Waals surface area contributed by atoms with Gasteiger partial charge in [0.05, 0.1) is 17.7 Å². The number of nitrogens with one attached hydrogen (secondary N) is 1. The average Bonchev–Trinajstić information content (AvgIpc) is 2.50. The minimum absolute atomic E-state index is 0.184. The Morgan fingerprint density at radius 2 is 2.05 bits per heavy atom. The third-order valence-electron chi connectivity index (χ3n) is 3.05. The first-order chi connectivity index (χ1) is 10.1. The van der Waals surface area contributed by atoms with E-state index in [1.165, 1.54) is 0 Å². The molecule has 0 saturated heterocycles. The van der Waals surface area contributed by atoms with E-state index in [4.69, 9.17) is 16.3 Å². The largest absolute Gasteiger partial charge is 0.496 e. The summed E-state index contributed by atoms with van der Waals surface area (Å²) in [5, 5.41) is 3.30. The van der Waals surface area contributed by atoms with Crippen molar-refractivity contribution in [1.29, 1.82) is 0 Å². The van der Waals surface area contributed by atoms with Gasteiger partial charge in [0, 0.05) is 11.0 Å². The summed E-state index contributed by atoms with van der Waals surface area (Å²) in [6, 6.07) is 13.0. The summed E-state index contributed by atoms with van der Waals surface area (Å²) < 4.78 is 6.10. The third-order valence-corrected chi connectivity index (χ3v) is 3.87. The number of ether oxygens (including phenoxy) is 1. The van der Waals surface area contributed by atoms with Gasteiger partial charge in [-0.3, -0.25) is 4.79 Å². The quantitative estimate of drug-likeness (QED) is 0.863. The number of hydrogen-bond donors (Lipinski definition) is 1. The molecule has 5 heteroatoms. The van der Waals surface area contributed by atoms with Gasteiger partial charge in [-0.05, 0) is 36.2 Å². The Balaban J connectivity index is 1.97. The molecule has 0 aromatic heterocycles. The predicted octanol–water partition coefficient (Wildman–Crippen LogP) is 4.08. The minimum Gasteiger partial charge on any atom is -0.496 e. The highest BCUT2D eigenvalue weighted by molar-refractivity contribution is 9.10. The van der Waals surface area contributed by atoms with Gasteiger partial charge in [0.1, 0.15) is 5.75 Å². The molecule has 110 valence electrons. The molecule has 0 aliphatic rings. The standard InChI is InChI=1S/C16H15BrClNO2/c1-21-15-5-3-2-4-11(15)8-9-19-16(20)13-10-12(17)6-7-14(13)18/h2-7,10H,8-9H2,1H3,(H,19,20). The van der Waals surface area contributed by atoms with Crippen LogP contribution in [0.25, 0.3) is 0 Å². The van der Waals surface area contributed by atoms with Crippen LogP contribution >= 0.6 is 27.5 Å². The van der Waals surface area contributed by atoms with Crippen molar-refractivity contribution in [2.75, 3.05) is 13.7 Å². The zero-order valence-electron chi connectivity index (χ0n) is 11.5. The Morgan fingerprint density at radius 1 is 1.29 bits per heavy atom. The fraction of sp³-hybridized carbons (Fsp3) is 0.188. The Kier molecular flexibility index (Phi) is 5.65. The summed E-state index contributed by atoms with van der Waals surface area (Å²) in [6.07, 6.45) is 0.696. The summed E-state index contributed by atoms with van der Waals surface area (Å²) in [4.78, 5) is 12.1. The lowest BCUT2D eigenvalue weighted by molar-refractivity contribution is 0.0954. The lowest BCUT2D eigenvalue weighted by Gasteiger charge is -2.10. The summed E-state index contributed by atoms with van der Waals surface area (Å²) in [6.45, 7) is 0.516. The van der Waals surface area contributed by atoms with E-state index in [2.05, 4.69) is 21.2 Å². The van der Waals surface area contributed by atoms with Gasteiger partial charge in [0.2, 0.25) is 0 Å². The van der Waals surface area contributed by atoms with Crippen LogP contribution in [0.4, 0.5) is 0 Å². The maximum Gasteiger partial charge on any atom is 0.252 e. The van der Waals surface area contributed by atoms with E-state index in [1.54, 1.807) is 25.3 Å². The smallest absolute Gasteiger partial charge is 0.252 e. The Bertz CT molecular complexity index is 646. The molecule has 0 atom stereocenters. The van der Waals surface area contributed by atoms with Crippen LogP contribution in [-0.2, 0) is 6.42 Å². The third kappa shape index (κ3) is 4.22. The van der Waals surface area contributed by atoms with E-state index >= 15 is 0 Å². The van der Waals surface area contributed by atoms with Crippen molar-refractivity contribution in [1.82, 2.24) is 5.32 Å². The number of para-hydroxylation sites is 1. The van der Waals surface area contributed by atoms with Crippen LogP contribution in [0.1, 0.15) is 15.9 Å². The van der Waals surface area contributed by atoms with Gasteiger partial charge in [-0.15, -0.1) is 0 Å². The van der Waals surface area contributed by atoms with E-state index in [0.717, 1.165) is 15.8 Å². The fourth-order valence-electron chi connectivity index (χ4n) is 1.99. The van der Waals surface area contributed by atoms with Gasteiger partial charge in [-0.2, -0.15) is 0 Å². The van der Waals surface area contributed by atoms with E-state index in [9.17, 15) is 4.79 Å². The Hall–Kier alpha value is -1.52. The average molecular weight is 369 g/mol. The molecule has 1 N–H and O–H groups in total. The predicted molar refractivity (Wildman–Crippen MR) is 88.2 cm³/mol. The van der Waals surface area contributed by atoms with Gasteiger partial charge in [0.25, 0.3) is 5.91 Å². The highest BCUT2D eigenvalue weighted by Gasteiger charge is 2.10. The molecule has 3 nitrogen and oxygen atoms in total. The second kappa shape index (κ2) is 7.48. The number of carbonyl (C=O) groups is 1. The molecule has 0 aliphatic carbocycles. The zero-order valence-corrected chi connectivity index (χ0v) is 13.9. The summed E-state index contributed by atoms with van der Waals surface area (Å²) >= 11 is 9.37. The molecule has 2 rings (SSSR count). The van der Waals surface area contributed by atoms with E-state index in [0.29, 0.717) is 23.6 Å². The first-order valence-corrected chi connectivity index (χ1v) is 7.64. The lowest BCUT2D eigenvalue weighted by atomic mass is 10.1. The zero-order chi connectivity index (χ0) is 15.2. The molecule has 0 aliphatic heterocycles.